The molecule has 1 saturated heterocycles. The fraction of sp³-hybridized carbons (Fsp3) is 0.900. The lowest BCUT2D eigenvalue weighted by Gasteiger charge is -2.12. The summed E-state index contributed by atoms with van der Waals surface area (Å²) in [6.45, 7) is 4.82. The molecule has 2 unspecified atom stereocenters. The zero-order valence-electron chi connectivity index (χ0n) is 9.12. The van der Waals surface area contributed by atoms with Crippen molar-refractivity contribution in [2.75, 3.05) is 26.7 Å². The van der Waals surface area contributed by atoms with Gasteiger partial charge in [0.2, 0.25) is 5.91 Å². The minimum absolute atomic E-state index is 0.0450. The lowest BCUT2D eigenvalue weighted by atomic mass is 10.1. The first-order valence-electron chi connectivity index (χ1n) is 5.31. The van der Waals surface area contributed by atoms with Gasteiger partial charge in [0.25, 0.3) is 0 Å². The molecule has 0 aromatic rings. The Morgan fingerprint density at radius 1 is 1.71 bits per heavy atom. The van der Waals surface area contributed by atoms with Crippen LogP contribution in [-0.4, -0.2) is 43.5 Å². The highest BCUT2D eigenvalue weighted by Crippen LogP contribution is 2.16. The Hall–Kier alpha value is -0.610. The smallest absolute Gasteiger partial charge is 0.236 e. The molecule has 0 spiro atoms. The number of rotatable bonds is 4. The first kappa shape index (κ1) is 11.5. The Morgan fingerprint density at radius 2 is 2.43 bits per heavy atom. The molecule has 1 aliphatic rings. The van der Waals surface area contributed by atoms with Gasteiger partial charge in [-0.2, -0.15) is 0 Å². The third-order valence-corrected chi connectivity index (χ3v) is 2.75. The Morgan fingerprint density at radius 3 is 2.93 bits per heavy atom. The van der Waals surface area contributed by atoms with Gasteiger partial charge in [0, 0.05) is 13.1 Å². The van der Waals surface area contributed by atoms with Crippen molar-refractivity contribution in [1.82, 2.24) is 10.2 Å². The molecule has 0 radical (unpaired) electrons. The number of nitrogens with two attached hydrogens (primary N) is 1. The van der Waals surface area contributed by atoms with Gasteiger partial charge in [-0.05, 0) is 39.3 Å². The molecule has 14 heavy (non-hydrogen) atoms. The molecule has 1 amide bonds. The number of carbonyl (C=O) groups is 1. The quantitative estimate of drug-likeness (QED) is 0.659. The van der Waals surface area contributed by atoms with Crippen LogP contribution in [0.15, 0.2) is 0 Å². The fourth-order valence-electron chi connectivity index (χ4n) is 1.82. The molecule has 4 heteroatoms. The van der Waals surface area contributed by atoms with Crippen LogP contribution in [0.5, 0.6) is 0 Å². The van der Waals surface area contributed by atoms with E-state index in [0.717, 1.165) is 25.4 Å². The van der Waals surface area contributed by atoms with Crippen molar-refractivity contribution in [2.45, 2.75) is 25.8 Å². The Kier molecular flexibility index (Phi) is 4.35. The van der Waals surface area contributed by atoms with Crippen LogP contribution in [0.2, 0.25) is 0 Å². The van der Waals surface area contributed by atoms with E-state index in [2.05, 4.69) is 17.3 Å². The number of nitrogens with one attached hydrogen (secondary N) is 1. The predicted octanol–water partition coefficient (Wildman–Crippen LogP) is -0.208. The van der Waals surface area contributed by atoms with Crippen molar-refractivity contribution in [2.24, 2.45) is 11.7 Å². The van der Waals surface area contributed by atoms with Crippen molar-refractivity contribution in [1.29, 1.82) is 0 Å². The molecule has 0 aromatic heterocycles. The minimum Gasteiger partial charge on any atom is -0.355 e. The molecule has 0 aliphatic carbocycles. The van der Waals surface area contributed by atoms with Gasteiger partial charge in [-0.3, -0.25) is 4.79 Å². The van der Waals surface area contributed by atoms with Crippen LogP contribution in [0.3, 0.4) is 0 Å². The molecule has 4 nitrogen and oxygen atoms in total. The van der Waals surface area contributed by atoms with E-state index in [1.165, 1.54) is 13.0 Å². The summed E-state index contributed by atoms with van der Waals surface area (Å²) < 4.78 is 0. The number of carbonyl (C=O) groups excluding carboxylic acids is 1. The normalized spacial score (nSPS) is 24.9. The number of amides is 1. The molecule has 2 atom stereocenters. The summed E-state index contributed by atoms with van der Waals surface area (Å²) in [5.41, 5.74) is 5.43. The number of hydrogen-bond donors (Lipinski definition) is 2. The highest BCUT2D eigenvalue weighted by molar-refractivity contribution is 5.80. The van der Waals surface area contributed by atoms with Crippen LogP contribution < -0.4 is 11.1 Å². The third kappa shape index (κ3) is 3.64. The third-order valence-electron chi connectivity index (χ3n) is 2.75. The summed E-state index contributed by atoms with van der Waals surface area (Å²) in [5, 5.41) is 2.84. The van der Waals surface area contributed by atoms with Crippen LogP contribution in [-0.2, 0) is 4.79 Å². The van der Waals surface area contributed by atoms with E-state index in [9.17, 15) is 4.79 Å². The van der Waals surface area contributed by atoms with Gasteiger partial charge >= 0.3 is 0 Å². The van der Waals surface area contributed by atoms with Crippen molar-refractivity contribution in [3.8, 4) is 0 Å². The van der Waals surface area contributed by atoms with E-state index in [1.54, 1.807) is 6.92 Å². The van der Waals surface area contributed by atoms with E-state index in [0.29, 0.717) is 0 Å². The van der Waals surface area contributed by atoms with Crippen LogP contribution in [0.1, 0.15) is 19.8 Å². The van der Waals surface area contributed by atoms with Crippen LogP contribution >= 0.6 is 0 Å². The van der Waals surface area contributed by atoms with Crippen molar-refractivity contribution in [3.63, 3.8) is 0 Å². The number of nitrogens with zero attached hydrogens (tertiary/aromatic N) is 1. The van der Waals surface area contributed by atoms with E-state index < -0.39 is 0 Å². The van der Waals surface area contributed by atoms with Crippen molar-refractivity contribution < 1.29 is 4.79 Å². The van der Waals surface area contributed by atoms with Gasteiger partial charge in [-0.15, -0.1) is 0 Å². The molecule has 0 aromatic carbocycles. The first-order chi connectivity index (χ1) is 6.59. The SMILES string of the molecule is CC(N)C(=O)NCCC1CCN(C)C1. The highest BCUT2D eigenvalue weighted by Gasteiger charge is 2.19. The summed E-state index contributed by atoms with van der Waals surface area (Å²) in [4.78, 5) is 13.5. The molecule has 0 bridgehead atoms. The van der Waals surface area contributed by atoms with E-state index in [-0.39, 0.29) is 11.9 Å². The molecular weight excluding hydrogens is 178 g/mol. The monoisotopic (exact) mass is 199 g/mol. The topological polar surface area (TPSA) is 58.4 Å². The van der Waals surface area contributed by atoms with E-state index in [4.69, 9.17) is 5.73 Å². The minimum atomic E-state index is -0.388. The van der Waals surface area contributed by atoms with Gasteiger partial charge < -0.3 is 16.0 Å². The Bertz CT molecular complexity index is 194. The molecule has 82 valence electrons. The Labute approximate surface area is 85.8 Å². The fourth-order valence-corrected chi connectivity index (χ4v) is 1.82. The molecule has 0 saturated carbocycles. The lowest BCUT2D eigenvalue weighted by molar-refractivity contribution is -0.122. The first-order valence-corrected chi connectivity index (χ1v) is 5.31. The Balaban J connectivity index is 2.07. The number of hydrogen-bond acceptors (Lipinski definition) is 3. The van der Waals surface area contributed by atoms with Gasteiger partial charge in [-0.25, -0.2) is 0 Å². The summed E-state index contributed by atoms with van der Waals surface area (Å²) in [7, 11) is 2.14. The molecule has 1 fully saturated rings. The molecule has 1 heterocycles. The maximum Gasteiger partial charge on any atom is 0.236 e. The van der Waals surface area contributed by atoms with Crippen LogP contribution in [0.25, 0.3) is 0 Å². The summed E-state index contributed by atoms with van der Waals surface area (Å²) in [5.74, 6) is 0.699. The average Bonchev–Trinajstić information content (AvgIpc) is 2.51. The van der Waals surface area contributed by atoms with Crippen LogP contribution in [0.4, 0.5) is 0 Å². The maximum atomic E-state index is 11.1. The van der Waals surface area contributed by atoms with Gasteiger partial charge in [0.1, 0.15) is 0 Å². The lowest BCUT2D eigenvalue weighted by Crippen LogP contribution is -2.39. The van der Waals surface area contributed by atoms with E-state index >= 15 is 0 Å². The summed E-state index contributed by atoms with van der Waals surface area (Å²) in [6.07, 6.45) is 2.33. The standard InChI is InChI=1S/C10H21N3O/c1-8(11)10(14)12-5-3-9-4-6-13(2)7-9/h8-9H,3-7,11H2,1-2H3,(H,12,14). The van der Waals surface area contributed by atoms with Crippen LogP contribution in [0, 0.1) is 5.92 Å². The van der Waals surface area contributed by atoms with E-state index in [1.807, 2.05) is 0 Å². The molecule has 1 rings (SSSR count). The zero-order valence-corrected chi connectivity index (χ0v) is 9.12. The number of likely N-dealkylation sites (tertiary alicyclic amines) is 1. The molecule has 1 aliphatic heterocycles. The van der Waals surface area contributed by atoms with Crippen molar-refractivity contribution >= 4 is 5.91 Å². The largest absolute Gasteiger partial charge is 0.355 e. The zero-order chi connectivity index (χ0) is 10.6. The highest BCUT2D eigenvalue weighted by atomic mass is 16.2. The second-order valence-corrected chi connectivity index (χ2v) is 4.29. The van der Waals surface area contributed by atoms with Gasteiger partial charge in [-0.1, -0.05) is 0 Å². The second kappa shape index (κ2) is 5.32. The van der Waals surface area contributed by atoms with Gasteiger partial charge in [0.05, 0.1) is 6.04 Å². The summed E-state index contributed by atoms with van der Waals surface area (Å²) in [6, 6.07) is -0.388. The average molecular weight is 199 g/mol. The predicted molar refractivity (Wildman–Crippen MR) is 56.9 cm³/mol. The second-order valence-electron chi connectivity index (χ2n) is 4.29. The maximum absolute atomic E-state index is 11.1. The summed E-state index contributed by atoms with van der Waals surface area (Å²) >= 11 is 0. The van der Waals surface area contributed by atoms with Crippen molar-refractivity contribution in [3.05, 3.63) is 0 Å². The van der Waals surface area contributed by atoms with Gasteiger partial charge in [0.15, 0.2) is 0 Å². The molecule has 3 N–H and O–H groups in total. The molecular formula is C10H21N3O.